The molecule has 0 unspecified atom stereocenters. The molecule has 1 saturated carbocycles. The van der Waals surface area contributed by atoms with Crippen molar-refractivity contribution in [1.29, 1.82) is 0 Å². The smallest absolute Gasteiger partial charge is 0.311 e. The Morgan fingerprint density at radius 1 is 1.50 bits per heavy atom. The Labute approximate surface area is 121 Å². The van der Waals surface area contributed by atoms with Gasteiger partial charge in [-0.2, -0.15) is 0 Å². The Hall–Kier alpha value is -1.83. The molecular formula is C12H10BrFN4O2. The zero-order valence-electron chi connectivity index (χ0n) is 10.3. The molecule has 8 heteroatoms. The van der Waals surface area contributed by atoms with Gasteiger partial charge in [-0.25, -0.2) is 9.07 Å². The number of hydrogen-bond donors (Lipinski definition) is 1. The number of hydrogen-bond acceptors (Lipinski definition) is 4. The van der Waals surface area contributed by atoms with E-state index < -0.39 is 17.2 Å². The van der Waals surface area contributed by atoms with Crippen LogP contribution in [0.5, 0.6) is 0 Å². The molecular weight excluding hydrogens is 331 g/mol. The maximum absolute atomic E-state index is 13.9. The fourth-order valence-corrected chi connectivity index (χ4v) is 2.60. The molecule has 20 heavy (non-hydrogen) atoms. The largest absolute Gasteiger partial charge is 0.481 e. The summed E-state index contributed by atoms with van der Waals surface area (Å²) in [5.41, 5.74) is -0.583. The first-order valence-electron chi connectivity index (χ1n) is 5.97. The van der Waals surface area contributed by atoms with Crippen LogP contribution in [0.3, 0.4) is 0 Å². The quantitative estimate of drug-likeness (QED) is 0.921. The summed E-state index contributed by atoms with van der Waals surface area (Å²) in [5.74, 6) is -1.11. The van der Waals surface area contributed by atoms with Gasteiger partial charge in [-0.3, -0.25) is 4.79 Å². The second kappa shape index (κ2) is 4.62. The van der Waals surface area contributed by atoms with E-state index in [1.807, 2.05) is 0 Å². The van der Waals surface area contributed by atoms with E-state index in [-0.39, 0.29) is 17.9 Å². The standard InChI is InChI=1S/C12H10BrFN4O2/c13-7-2-1-3-8(14)9(7)10-15-16-17-18(10)6-12(4-5-12)11(19)20/h1-3H,4-6H2,(H,19,20). The summed E-state index contributed by atoms with van der Waals surface area (Å²) in [7, 11) is 0. The Kier molecular flexibility index (Phi) is 3.04. The van der Waals surface area contributed by atoms with Gasteiger partial charge in [0.2, 0.25) is 0 Å². The Morgan fingerprint density at radius 2 is 2.25 bits per heavy atom. The molecule has 1 aliphatic carbocycles. The van der Waals surface area contributed by atoms with Crippen LogP contribution in [0.1, 0.15) is 12.8 Å². The van der Waals surface area contributed by atoms with Gasteiger partial charge >= 0.3 is 5.97 Å². The molecule has 0 amide bonds. The van der Waals surface area contributed by atoms with Gasteiger partial charge in [0.05, 0.1) is 17.5 Å². The summed E-state index contributed by atoms with van der Waals surface area (Å²) < 4.78 is 15.8. The molecule has 0 atom stereocenters. The highest BCUT2D eigenvalue weighted by atomic mass is 79.9. The van der Waals surface area contributed by atoms with Crippen LogP contribution >= 0.6 is 15.9 Å². The van der Waals surface area contributed by atoms with Crippen LogP contribution in [0, 0.1) is 11.2 Å². The average molecular weight is 341 g/mol. The van der Waals surface area contributed by atoms with Crippen molar-refractivity contribution in [2.75, 3.05) is 0 Å². The number of aliphatic carboxylic acids is 1. The van der Waals surface area contributed by atoms with Crippen molar-refractivity contribution in [2.45, 2.75) is 19.4 Å². The third-order valence-electron chi connectivity index (χ3n) is 3.48. The maximum atomic E-state index is 13.9. The van der Waals surface area contributed by atoms with Gasteiger partial charge in [-0.05, 0) is 51.3 Å². The summed E-state index contributed by atoms with van der Waals surface area (Å²) in [4.78, 5) is 11.2. The van der Waals surface area contributed by atoms with Crippen LogP contribution in [0.15, 0.2) is 22.7 Å². The lowest BCUT2D eigenvalue weighted by Crippen LogP contribution is -2.22. The zero-order valence-corrected chi connectivity index (χ0v) is 11.8. The summed E-state index contributed by atoms with van der Waals surface area (Å²) >= 11 is 3.26. The SMILES string of the molecule is O=C(O)C1(Cn2nnnc2-c2c(F)cccc2Br)CC1. The Morgan fingerprint density at radius 3 is 2.85 bits per heavy atom. The van der Waals surface area contributed by atoms with Crippen molar-refractivity contribution in [3.63, 3.8) is 0 Å². The molecule has 1 heterocycles. The van der Waals surface area contributed by atoms with E-state index in [9.17, 15) is 14.3 Å². The van der Waals surface area contributed by atoms with Crippen LogP contribution < -0.4 is 0 Å². The molecule has 1 aliphatic rings. The molecule has 0 radical (unpaired) electrons. The van der Waals surface area contributed by atoms with Crippen LogP contribution in [0.25, 0.3) is 11.4 Å². The molecule has 1 aromatic carbocycles. The fraction of sp³-hybridized carbons (Fsp3) is 0.333. The Bertz CT molecular complexity index is 664. The zero-order chi connectivity index (χ0) is 14.3. The molecule has 0 saturated heterocycles. The lowest BCUT2D eigenvalue weighted by Gasteiger charge is -2.11. The first-order valence-corrected chi connectivity index (χ1v) is 6.77. The predicted molar refractivity (Wildman–Crippen MR) is 70.2 cm³/mol. The van der Waals surface area contributed by atoms with Gasteiger partial charge in [0.1, 0.15) is 5.82 Å². The van der Waals surface area contributed by atoms with Crippen molar-refractivity contribution in [3.8, 4) is 11.4 Å². The van der Waals surface area contributed by atoms with E-state index in [1.165, 1.54) is 10.7 Å². The summed E-state index contributed by atoms with van der Waals surface area (Å²) in [5, 5.41) is 20.3. The minimum atomic E-state index is -0.869. The second-order valence-corrected chi connectivity index (χ2v) is 5.70. The molecule has 2 aromatic rings. The van der Waals surface area contributed by atoms with E-state index in [4.69, 9.17) is 0 Å². The van der Waals surface area contributed by atoms with E-state index in [1.54, 1.807) is 12.1 Å². The van der Waals surface area contributed by atoms with E-state index >= 15 is 0 Å². The normalized spacial score (nSPS) is 16.1. The molecule has 104 valence electrons. The minimum Gasteiger partial charge on any atom is -0.481 e. The van der Waals surface area contributed by atoms with Crippen LogP contribution in [0.2, 0.25) is 0 Å². The first-order chi connectivity index (χ1) is 9.53. The molecule has 1 aromatic heterocycles. The van der Waals surface area contributed by atoms with Crippen LogP contribution in [0.4, 0.5) is 4.39 Å². The van der Waals surface area contributed by atoms with E-state index in [2.05, 4.69) is 31.5 Å². The average Bonchev–Trinajstić information content (AvgIpc) is 3.04. The third kappa shape index (κ3) is 2.09. The maximum Gasteiger partial charge on any atom is 0.311 e. The summed E-state index contributed by atoms with van der Waals surface area (Å²) in [6.45, 7) is 0.144. The summed E-state index contributed by atoms with van der Waals surface area (Å²) in [6.07, 6.45) is 1.17. The number of halogens is 2. The van der Waals surface area contributed by atoms with Gasteiger partial charge in [-0.15, -0.1) is 5.10 Å². The van der Waals surface area contributed by atoms with Gasteiger partial charge in [0.15, 0.2) is 5.82 Å². The van der Waals surface area contributed by atoms with Gasteiger partial charge in [0.25, 0.3) is 0 Å². The van der Waals surface area contributed by atoms with E-state index in [0.29, 0.717) is 17.3 Å². The van der Waals surface area contributed by atoms with Gasteiger partial charge in [0, 0.05) is 4.47 Å². The minimum absolute atomic E-state index is 0.144. The van der Waals surface area contributed by atoms with Gasteiger partial charge < -0.3 is 5.11 Å². The number of rotatable bonds is 4. The van der Waals surface area contributed by atoms with Crippen molar-refractivity contribution in [2.24, 2.45) is 5.41 Å². The van der Waals surface area contributed by atoms with Gasteiger partial charge in [-0.1, -0.05) is 6.07 Å². The molecule has 0 aliphatic heterocycles. The second-order valence-electron chi connectivity index (χ2n) is 4.84. The van der Waals surface area contributed by atoms with E-state index in [0.717, 1.165) is 0 Å². The molecule has 0 bridgehead atoms. The van der Waals surface area contributed by atoms with Crippen LogP contribution in [-0.4, -0.2) is 31.3 Å². The number of nitrogens with zero attached hydrogens (tertiary/aromatic N) is 4. The molecule has 1 N–H and O–H groups in total. The lowest BCUT2D eigenvalue weighted by atomic mass is 10.1. The molecule has 1 fully saturated rings. The van der Waals surface area contributed by atoms with Crippen LogP contribution in [-0.2, 0) is 11.3 Å². The number of benzene rings is 1. The molecule has 6 nitrogen and oxygen atoms in total. The highest BCUT2D eigenvalue weighted by molar-refractivity contribution is 9.10. The molecule has 0 spiro atoms. The number of carboxylic acid groups (broad SMARTS) is 1. The fourth-order valence-electron chi connectivity index (χ4n) is 2.08. The van der Waals surface area contributed by atoms with Crippen molar-refractivity contribution in [3.05, 3.63) is 28.5 Å². The number of tetrazole rings is 1. The third-order valence-corrected chi connectivity index (χ3v) is 4.14. The monoisotopic (exact) mass is 340 g/mol. The summed E-state index contributed by atoms with van der Waals surface area (Å²) in [6, 6.07) is 4.56. The van der Waals surface area contributed by atoms with Crippen molar-refractivity contribution in [1.82, 2.24) is 20.2 Å². The highest BCUT2D eigenvalue weighted by Gasteiger charge is 2.51. The molecule has 3 rings (SSSR count). The topological polar surface area (TPSA) is 80.9 Å². The number of carboxylic acids is 1. The highest BCUT2D eigenvalue weighted by Crippen LogP contribution is 2.47. The Balaban J connectivity index is 2.01. The van der Waals surface area contributed by atoms with Crippen molar-refractivity contribution >= 4 is 21.9 Å². The lowest BCUT2D eigenvalue weighted by molar-refractivity contribution is -0.144. The predicted octanol–water partition coefficient (Wildman–Crippen LogP) is 2.11. The first kappa shape index (κ1) is 13.2. The number of aromatic nitrogens is 4. The number of carbonyl (C=O) groups is 1. The van der Waals surface area contributed by atoms with Crippen molar-refractivity contribution < 1.29 is 14.3 Å².